The van der Waals surface area contributed by atoms with Gasteiger partial charge >= 0.3 is 0 Å². The molecule has 2 aromatic rings. The molecule has 0 aromatic heterocycles. The fraction of sp³-hybridized carbons (Fsp3) is 0.263. The van der Waals surface area contributed by atoms with E-state index in [0.717, 1.165) is 11.3 Å². The molecule has 1 aliphatic rings. The number of hydrogen-bond acceptors (Lipinski definition) is 6. The van der Waals surface area contributed by atoms with Crippen molar-refractivity contribution < 1.29 is 23.8 Å². The van der Waals surface area contributed by atoms with Crippen molar-refractivity contribution >= 4 is 23.2 Å². The summed E-state index contributed by atoms with van der Waals surface area (Å²) in [6.45, 7) is 0.473. The fourth-order valence-corrected chi connectivity index (χ4v) is 2.83. The third-order valence-electron chi connectivity index (χ3n) is 4.17. The molecule has 142 valence electrons. The van der Waals surface area contributed by atoms with E-state index in [2.05, 4.69) is 16.0 Å². The zero-order valence-corrected chi connectivity index (χ0v) is 15.3. The molecule has 0 radical (unpaired) electrons. The van der Waals surface area contributed by atoms with Crippen LogP contribution in [-0.2, 0) is 11.3 Å². The number of fused-ring (bicyclic) bond motifs is 1. The summed E-state index contributed by atoms with van der Waals surface area (Å²) in [7, 11) is 4.62. The molecule has 1 heterocycles. The molecular weight excluding hydrogens is 350 g/mol. The maximum absolute atomic E-state index is 12.5. The van der Waals surface area contributed by atoms with Gasteiger partial charge in [-0.3, -0.25) is 9.59 Å². The zero-order valence-electron chi connectivity index (χ0n) is 15.3. The number of ether oxygens (including phenoxy) is 3. The SMILES string of the molecule is COc1cc(CNC(=O)c2ccc3c(c2)NCC(=O)N3)cc(OC)c1OC. The minimum absolute atomic E-state index is 0.109. The van der Waals surface area contributed by atoms with Crippen molar-refractivity contribution in [3.63, 3.8) is 0 Å². The Bertz CT molecular complexity index is 857. The summed E-state index contributed by atoms with van der Waals surface area (Å²) in [5.41, 5.74) is 2.67. The lowest BCUT2D eigenvalue weighted by atomic mass is 10.1. The number of carbonyl (C=O) groups is 2. The van der Waals surface area contributed by atoms with E-state index >= 15 is 0 Å². The van der Waals surface area contributed by atoms with E-state index in [4.69, 9.17) is 14.2 Å². The zero-order chi connectivity index (χ0) is 19.4. The largest absolute Gasteiger partial charge is 0.493 e. The minimum atomic E-state index is -0.231. The maximum Gasteiger partial charge on any atom is 0.251 e. The third-order valence-corrected chi connectivity index (χ3v) is 4.17. The Hall–Kier alpha value is -3.42. The lowest BCUT2D eigenvalue weighted by molar-refractivity contribution is -0.114. The van der Waals surface area contributed by atoms with Crippen LogP contribution in [0.25, 0.3) is 0 Å². The van der Waals surface area contributed by atoms with E-state index in [-0.39, 0.29) is 24.9 Å². The predicted molar refractivity (Wildman–Crippen MR) is 101 cm³/mol. The van der Waals surface area contributed by atoms with E-state index in [1.165, 1.54) is 7.11 Å². The molecule has 27 heavy (non-hydrogen) atoms. The Morgan fingerprint density at radius 2 is 1.74 bits per heavy atom. The average molecular weight is 371 g/mol. The Morgan fingerprint density at radius 1 is 1.04 bits per heavy atom. The number of anilines is 2. The van der Waals surface area contributed by atoms with Gasteiger partial charge in [0.2, 0.25) is 11.7 Å². The van der Waals surface area contributed by atoms with Crippen LogP contribution < -0.4 is 30.2 Å². The van der Waals surface area contributed by atoms with Crippen molar-refractivity contribution in [3.05, 3.63) is 41.5 Å². The van der Waals surface area contributed by atoms with E-state index < -0.39 is 0 Å². The molecule has 3 rings (SSSR count). The number of hydrogen-bond donors (Lipinski definition) is 3. The van der Waals surface area contributed by atoms with Gasteiger partial charge in [0.25, 0.3) is 5.91 Å². The highest BCUT2D eigenvalue weighted by atomic mass is 16.5. The minimum Gasteiger partial charge on any atom is -0.493 e. The van der Waals surface area contributed by atoms with Gasteiger partial charge in [0, 0.05) is 12.1 Å². The third kappa shape index (κ3) is 3.89. The van der Waals surface area contributed by atoms with Gasteiger partial charge in [0.15, 0.2) is 11.5 Å². The van der Waals surface area contributed by atoms with E-state index in [1.807, 2.05) is 0 Å². The van der Waals surface area contributed by atoms with Gasteiger partial charge in [-0.15, -0.1) is 0 Å². The lowest BCUT2D eigenvalue weighted by Crippen LogP contribution is -2.28. The monoisotopic (exact) mass is 371 g/mol. The van der Waals surface area contributed by atoms with Gasteiger partial charge in [-0.05, 0) is 35.9 Å². The van der Waals surface area contributed by atoms with Crippen LogP contribution in [0.5, 0.6) is 17.2 Å². The van der Waals surface area contributed by atoms with Gasteiger partial charge in [-0.2, -0.15) is 0 Å². The quantitative estimate of drug-likeness (QED) is 0.719. The number of amides is 2. The van der Waals surface area contributed by atoms with Crippen molar-refractivity contribution in [1.82, 2.24) is 5.32 Å². The summed E-state index contributed by atoms with van der Waals surface area (Å²) in [5, 5.41) is 8.60. The Kier molecular flexibility index (Phi) is 5.35. The first-order chi connectivity index (χ1) is 13.0. The second-order valence-electron chi connectivity index (χ2n) is 5.88. The van der Waals surface area contributed by atoms with Crippen LogP contribution in [0.2, 0.25) is 0 Å². The average Bonchev–Trinajstić information content (AvgIpc) is 2.70. The molecule has 0 bridgehead atoms. The van der Waals surface area contributed by atoms with E-state index in [9.17, 15) is 9.59 Å². The molecule has 0 unspecified atom stereocenters. The first kappa shape index (κ1) is 18.4. The number of nitrogens with one attached hydrogen (secondary N) is 3. The summed E-state index contributed by atoms with van der Waals surface area (Å²) in [4.78, 5) is 23.9. The molecule has 0 saturated carbocycles. The normalized spacial score (nSPS) is 12.3. The molecule has 2 aromatic carbocycles. The van der Waals surface area contributed by atoms with Crippen LogP contribution in [0.1, 0.15) is 15.9 Å². The van der Waals surface area contributed by atoms with Crippen LogP contribution in [0.15, 0.2) is 30.3 Å². The van der Waals surface area contributed by atoms with Crippen LogP contribution in [-0.4, -0.2) is 39.7 Å². The highest BCUT2D eigenvalue weighted by molar-refractivity contribution is 6.03. The molecule has 0 saturated heterocycles. The molecule has 3 N–H and O–H groups in total. The van der Waals surface area contributed by atoms with E-state index in [1.54, 1.807) is 44.6 Å². The van der Waals surface area contributed by atoms with Crippen molar-refractivity contribution in [2.75, 3.05) is 38.5 Å². The summed E-state index contributed by atoms with van der Waals surface area (Å²) >= 11 is 0. The Labute approximate surface area is 156 Å². The molecule has 1 aliphatic heterocycles. The molecule has 0 aliphatic carbocycles. The van der Waals surface area contributed by atoms with Gasteiger partial charge < -0.3 is 30.2 Å². The van der Waals surface area contributed by atoms with Crippen molar-refractivity contribution in [2.24, 2.45) is 0 Å². The molecule has 0 spiro atoms. The molecule has 8 nitrogen and oxygen atoms in total. The molecule has 0 fully saturated rings. The van der Waals surface area contributed by atoms with Gasteiger partial charge in [-0.25, -0.2) is 0 Å². The first-order valence-corrected chi connectivity index (χ1v) is 8.30. The summed E-state index contributed by atoms with van der Waals surface area (Å²) in [6, 6.07) is 8.64. The van der Waals surface area contributed by atoms with Crippen molar-refractivity contribution in [3.8, 4) is 17.2 Å². The van der Waals surface area contributed by atoms with Crippen molar-refractivity contribution in [2.45, 2.75) is 6.54 Å². The number of benzene rings is 2. The van der Waals surface area contributed by atoms with Gasteiger partial charge in [0.1, 0.15) is 0 Å². The number of rotatable bonds is 6. The standard InChI is InChI=1S/C19H21N3O5/c1-25-15-6-11(7-16(26-2)18(15)27-3)9-21-19(24)12-4-5-13-14(8-12)20-10-17(23)22-13/h4-8,20H,9-10H2,1-3H3,(H,21,24)(H,22,23). The fourth-order valence-electron chi connectivity index (χ4n) is 2.83. The van der Waals surface area contributed by atoms with Crippen LogP contribution in [0.3, 0.4) is 0 Å². The van der Waals surface area contributed by atoms with Gasteiger partial charge in [-0.1, -0.05) is 0 Å². The number of methoxy groups -OCH3 is 3. The maximum atomic E-state index is 12.5. The topological polar surface area (TPSA) is 97.9 Å². The van der Waals surface area contributed by atoms with Crippen LogP contribution in [0.4, 0.5) is 11.4 Å². The highest BCUT2D eigenvalue weighted by Crippen LogP contribution is 2.38. The summed E-state index contributed by atoms with van der Waals surface area (Å²) in [5.74, 6) is 1.20. The Morgan fingerprint density at radius 3 is 2.37 bits per heavy atom. The second-order valence-corrected chi connectivity index (χ2v) is 5.88. The Balaban J connectivity index is 1.73. The van der Waals surface area contributed by atoms with E-state index in [0.29, 0.717) is 28.5 Å². The van der Waals surface area contributed by atoms with Gasteiger partial charge in [0.05, 0.1) is 39.2 Å². The second kappa shape index (κ2) is 7.86. The lowest BCUT2D eigenvalue weighted by Gasteiger charge is -2.19. The predicted octanol–water partition coefficient (Wildman–Crippen LogP) is 2.01. The van der Waals surface area contributed by atoms with Crippen molar-refractivity contribution in [1.29, 1.82) is 0 Å². The first-order valence-electron chi connectivity index (χ1n) is 8.30. The number of carbonyl (C=O) groups excluding carboxylic acids is 2. The van der Waals surface area contributed by atoms with Crippen LogP contribution >= 0.6 is 0 Å². The molecule has 8 heteroatoms. The van der Waals surface area contributed by atoms with Crippen LogP contribution in [0, 0.1) is 0 Å². The highest BCUT2D eigenvalue weighted by Gasteiger charge is 2.17. The summed E-state index contributed by atoms with van der Waals surface area (Å²) in [6.07, 6.45) is 0. The molecular formula is C19H21N3O5. The molecule has 0 atom stereocenters. The smallest absolute Gasteiger partial charge is 0.251 e. The summed E-state index contributed by atoms with van der Waals surface area (Å²) < 4.78 is 15.9. The molecule has 2 amide bonds.